The van der Waals surface area contributed by atoms with E-state index < -0.39 is 0 Å². The van der Waals surface area contributed by atoms with Gasteiger partial charge in [-0.2, -0.15) is 0 Å². The first-order chi connectivity index (χ1) is 9.38. The van der Waals surface area contributed by atoms with Crippen LogP contribution in [0.15, 0.2) is 41.9 Å². The van der Waals surface area contributed by atoms with E-state index in [4.69, 9.17) is 11.6 Å². The predicted molar refractivity (Wildman–Crippen MR) is 80.3 cm³/mol. The van der Waals surface area contributed by atoms with Crippen molar-refractivity contribution in [2.75, 3.05) is 19.6 Å². The summed E-state index contributed by atoms with van der Waals surface area (Å²) in [5.41, 5.74) is 3.03. The Balaban J connectivity index is 1.73. The van der Waals surface area contributed by atoms with Gasteiger partial charge < -0.3 is 5.32 Å². The van der Waals surface area contributed by atoms with E-state index in [1.165, 1.54) is 18.4 Å². The van der Waals surface area contributed by atoms with Crippen LogP contribution in [0.3, 0.4) is 0 Å². The molecule has 1 N–H and O–H groups in total. The van der Waals surface area contributed by atoms with Crippen LogP contribution in [0.25, 0.3) is 0 Å². The van der Waals surface area contributed by atoms with E-state index in [-0.39, 0.29) is 0 Å². The highest BCUT2D eigenvalue weighted by Gasteiger charge is 2.37. The fraction of sp³-hybridized carbons (Fsp3) is 0.500. The number of benzene rings is 1. The lowest BCUT2D eigenvalue weighted by Crippen LogP contribution is -2.53. The number of hydrogen-bond donors (Lipinski definition) is 1. The van der Waals surface area contributed by atoms with Crippen LogP contribution in [-0.4, -0.2) is 30.6 Å². The van der Waals surface area contributed by atoms with Gasteiger partial charge in [0.15, 0.2) is 0 Å². The van der Waals surface area contributed by atoms with E-state index in [9.17, 15) is 0 Å². The van der Waals surface area contributed by atoms with Crippen molar-refractivity contribution < 1.29 is 0 Å². The zero-order chi connectivity index (χ0) is 13.1. The van der Waals surface area contributed by atoms with Crippen LogP contribution >= 0.6 is 11.6 Å². The Kier molecular flexibility index (Phi) is 4.21. The molecule has 2 unspecified atom stereocenters. The topological polar surface area (TPSA) is 15.3 Å². The average molecular weight is 277 g/mol. The van der Waals surface area contributed by atoms with Crippen molar-refractivity contribution >= 4 is 11.6 Å². The highest BCUT2D eigenvalue weighted by molar-refractivity contribution is 6.25. The number of halogens is 1. The highest BCUT2D eigenvalue weighted by Crippen LogP contribution is 2.36. The van der Waals surface area contributed by atoms with Crippen molar-refractivity contribution in [3.8, 4) is 0 Å². The molecule has 1 aliphatic heterocycles. The molecule has 0 radical (unpaired) electrons. The van der Waals surface area contributed by atoms with Crippen LogP contribution < -0.4 is 5.32 Å². The van der Waals surface area contributed by atoms with E-state index in [0.717, 1.165) is 25.6 Å². The molecule has 0 amide bonds. The van der Waals surface area contributed by atoms with E-state index >= 15 is 0 Å². The molecule has 19 heavy (non-hydrogen) atoms. The quantitative estimate of drug-likeness (QED) is 0.909. The Bertz CT molecular complexity index is 428. The Morgan fingerprint density at radius 2 is 2.05 bits per heavy atom. The van der Waals surface area contributed by atoms with Gasteiger partial charge in [0.2, 0.25) is 0 Å². The van der Waals surface area contributed by atoms with Gasteiger partial charge in [-0.1, -0.05) is 48.0 Å². The first-order valence-corrected chi connectivity index (χ1v) is 7.59. The normalized spacial score (nSPS) is 28.9. The lowest BCUT2D eigenvalue weighted by atomic mass is 9.99. The van der Waals surface area contributed by atoms with Crippen LogP contribution in [0.1, 0.15) is 24.4 Å². The maximum Gasteiger partial charge on any atom is 0.0476 e. The second-order valence-electron chi connectivity index (χ2n) is 5.59. The van der Waals surface area contributed by atoms with E-state index in [0.29, 0.717) is 12.1 Å². The minimum Gasteiger partial charge on any atom is -0.311 e. The molecule has 102 valence electrons. The molecule has 1 heterocycles. The Hall–Kier alpha value is -0.830. The summed E-state index contributed by atoms with van der Waals surface area (Å²) < 4.78 is 0. The molecule has 2 fully saturated rings. The van der Waals surface area contributed by atoms with Gasteiger partial charge in [0.05, 0.1) is 0 Å². The number of nitrogens with one attached hydrogen (secondary N) is 1. The lowest BCUT2D eigenvalue weighted by Gasteiger charge is -2.40. The third kappa shape index (κ3) is 3.19. The molecule has 2 atom stereocenters. The standard InChI is InChI=1S/C16H21ClN2/c17-9-4-10-19-12-15(13-7-8-13)18-11-16(19)14-5-2-1-3-6-14/h1-6,9,13,15-16,18H,7-8,10-12H2/b9-4+. The molecule has 3 rings (SSSR count). The SMILES string of the molecule is Cl/C=C/CN1CC(C2CC2)NCC1c1ccccc1. The van der Waals surface area contributed by atoms with Crippen LogP contribution in [-0.2, 0) is 0 Å². The summed E-state index contributed by atoms with van der Waals surface area (Å²) in [6.07, 6.45) is 4.84. The van der Waals surface area contributed by atoms with E-state index in [2.05, 4.69) is 40.5 Å². The summed E-state index contributed by atoms with van der Waals surface area (Å²) in [6.45, 7) is 3.11. The molecule has 1 saturated heterocycles. The fourth-order valence-corrected chi connectivity index (χ4v) is 3.11. The predicted octanol–water partition coefficient (Wildman–Crippen LogP) is 3.16. The van der Waals surface area contributed by atoms with Gasteiger partial charge >= 0.3 is 0 Å². The molecule has 2 nitrogen and oxygen atoms in total. The monoisotopic (exact) mass is 276 g/mol. The van der Waals surface area contributed by atoms with Gasteiger partial charge in [0.25, 0.3) is 0 Å². The number of piperazine rings is 1. The largest absolute Gasteiger partial charge is 0.311 e. The molecule has 1 aromatic carbocycles. The lowest BCUT2D eigenvalue weighted by molar-refractivity contribution is 0.137. The summed E-state index contributed by atoms with van der Waals surface area (Å²) in [5.74, 6) is 0.902. The second-order valence-corrected chi connectivity index (χ2v) is 5.85. The van der Waals surface area contributed by atoms with Crippen molar-refractivity contribution in [3.63, 3.8) is 0 Å². The summed E-state index contributed by atoms with van der Waals surface area (Å²) in [5, 5.41) is 3.74. The van der Waals surface area contributed by atoms with Crippen molar-refractivity contribution in [3.05, 3.63) is 47.5 Å². The number of rotatable bonds is 4. The molecule has 0 aromatic heterocycles. The van der Waals surface area contributed by atoms with Gasteiger partial charge in [-0.05, 0) is 24.3 Å². The molecule has 3 heteroatoms. The van der Waals surface area contributed by atoms with E-state index in [1.807, 2.05) is 6.08 Å². The van der Waals surface area contributed by atoms with Crippen LogP contribution in [0, 0.1) is 5.92 Å². The summed E-state index contributed by atoms with van der Waals surface area (Å²) in [4.78, 5) is 2.55. The molecular weight excluding hydrogens is 256 g/mol. The number of hydrogen-bond acceptors (Lipinski definition) is 2. The first-order valence-electron chi connectivity index (χ1n) is 7.16. The van der Waals surface area contributed by atoms with Crippen LogP contribution in [0.4, 0.5) is 0 Å². The van der Waals surface area contributed by atoms with Crippen molar-refractivity contribution in [1.29, 1.82) is 0 Å². The van der Waals surface area contributed by atoms with Gasteiger partial charge in [0.1, 0.15) is 0 Å². The maximum absolute atomic E-state index is 5.70. The molecule has 0 spiro atoms. The molecular formula is C16H21ClN2. The Morgan fingerprint density at radius 3 is 2.74 bits per heavy atom. The van der Waals surface area contributed by atoms with Crippen molar-refractivity contribution in [2.45, 2.75) is 24.9 Å². The molecule has 2 aliphatic rings. The summed E-state index contributed by atoms with van der Waals surface area (Å²) in [7, 11) is 0. The molecule has 1 aromatic rings. The fourth-order valence-electron chi connectivity index (χ4n) is 3.03. The molecule has 1 saturated carbocycles. The molecule has 1 aliphatic carbocycles. The minimum atomic E-state index is 0.462. The van der Waals surface area contributed by atoms with Crippen molar-refractivity contribution in [1.82, 2.24) is 10.2 Å². The Labute approximate surface area is 120 Å². The van der Waals surface area contributed by atoms with Crippen LogP contribution in [0.5, 0.6) is 0 Å². The van der Waals surface area contributed by atoms with Gasteiger partial charge in [0, 0.05) is 37.3 Å². The van der Waals surface area contributed by atoms with Gasteiger partial charge in [-0.15, -0.1) is 0 Å². The third-order valence-electron chi connectivity index (χ3n) is 4.25. The smallest absolute Gasteiger partial charge is 0.0476 e. The summed E-state index contributed by atoms with van der Waals surface area (Å²) >= 11 is 5.70. The zero-order valence-corrected chi connectivity index (χ0v) is 11.9. The van der Waals surface area contributed by atoms with Crippen LogP contribution in [0.2, 0.25) is 0 Å². The number of nitrogens with zero attached hydrogens (tertiary/aromatic N) is 1. The maximum atomic E-state index is 5.70. The third-order valence-corrected chi connectivity index (χ3v) is 4.43. The highest BCUT2D eigenvalue weighted by atomic mass is 35.5. The molecule has 0 bridgehead atoms. The summed E-state index contributed by atoms with van der Waals surface area (Å²) in [6, 6.07) is 11.9. The Morgan fingerprint density at radius 1 is 1.26 bits per heavy atom. The van der Waals surface area contributed by atoms with Gasteiger partial charge in [-0.3, -0.25) is 4.90 Å². The van der Waals surface area contributed by atoms with Crippen molar-refractivity contribution in [2.24, 2.45) is 5.92 Å². The average Bonchev–Trinajstić information content (AvgIpc) is 3.30. The first kappa shape index (κ1) is 13.2. The second kappa shape index (κ2) is 6.08. The zero-order valence-electron chi connectivity index (χ0n) is 11.1. The van der Waals surface area contributed by atoms with E-state index in [1.54, 1.807) is 5.54 Å². The van der Waals surface area contributed by atoms with Gasteiger partial charge in [-0.25, -0.2) is 0 Å². The minimum absolute atomic E-state index is 0.462.